The van der Waals surface area contributed by atoms with Gasteiger partial charge >= 0.3 is 0 Å². The smallest absolute Gasteiger partial charge is 0.277 e. The van der Waals surface area contributed by atoms with Gasteiger partial charge in [0.25, 0.3) is 23.6 Å². The molecule has 6 amide bonds. The van der Waals surface area contributed by atoms with Gasteiger partial charge in [-0.25, -0.2) is 0 Å². The Labute approximate surface area is 380 Å². The first-order valence-electron chi connectivity index (χ1n) is 23.1. The third kappa shape index (κ3) is 9.19. The summed E-state index contributed by atoms with van der Waals surface area (Å²) in [6.45, 7) is 12.7. The number of carbonyl (C=O) groups is 6. The average Bonchev–Trinajstić information content (AvgIpc) is 3.95. The summed E-state index contributed by atoms with van der Waals surface area (Å²) in [6.07, 6.45) is 3.70. The number of unbranched alkanes of at least 4 members (excludes halogenated alkanes) is 2. The van der Waals surface area contributed by atoms with E-state index in [1.165, 1.54) is 9.80 Å². The van der Waals surface area contributed by atoms with Crippen LogP contribution in [0.2, 0.25) is 0 Å². The second-order valence-electron chi connectivity index (χ2n) is 18.4. The number of hydrogen-bond acceptors (Lipinski definition) is 10. The van der Waals surface area contributed by atoms with Crippen molar-refractivity contribution in [2.75, 3.05) is 79.5 Å². The van der Waals surface area contributed by atoms with Crippen molar-refractivity contribution in [3.8, 4) is 0 Å². The molecule has 0 unspecified atom stereocenters. The topological polar surface area (TPSA) is 178 Å². The molecule has 65 heavy (non-hydrogen) atoms. The standard InChI is InChI=1S/C49H62N10O6/c1-30(2)50-38(60)28-56-20-24-58(25-21-56)44-42(46(62)54(5)48(44)64)40-32-14-10-12-16-34(32)52-36(40)18-8-7-9-19-37-41(33-15-11-13-17-35(33)53-37)43-45(49(65)55(6)47(43)63)59-26-22-57(23-27-59)29-39(61)51-31(3)4/h10-17,30-31,52-53H,7-9,18-29H2,1-6H3,(H,50,60)(H,51,61). The van der Waals surface area contributed by atoms with Gasteiger partial charge in [0, 0.05) is 123 Å². The fourth-order valence-electron chi connectivity index (χ4n) is 9.81. The lowest BCUT2D eigenvalue weighted by molar-refractivity contribution is -0.137. The number of nitrogens with one attached hydrogen (secondary N) is 4. The van der Waals surface area contributed by atoms with Crippen molar-refractivity contribution in [1.29, 1.82) is 0 Å². The van der Waals surface area contributed by atoms with Gasteiger partial charge in [-0.1, -0.05) is 42.8 Å². The predicted octanol–water partition coefficient (Wildman–Crippen LogP) is 3.31. The fourth-order valence-corrected chi connectivity index (χ4v) is 9.81. The van der Waals surface area contributed by atoms with Crippen molar-refractivity contribution in [3.05, 3.63) is 82.4 Å². The van der Waals surface area contributed by atoms with E-state index in [0.29, 0.717) is 87.7 Å². The van der Waals surface area contributed by atoms with Gasteiger partial charge in [0.2, 0.25) is 11.8 Å². The van der Waals surface area contributed by atoms with Crippen molar-refractivity contribution in [2.24, 2.45) is 0 Å². The van der Waals surface area contributed by atoms with E-state index in [4.69, 9.17) is 0 Å². The van der Waals surface area contributed by atoms with Crippen LogP contribution in [0.5, 0.6) is 0 Å². The van der Waals surface area contributed by atoms with Crippen LogP contribution in [0.25, 0.3) is 33.0 Å². The van der Waals surface area contributed by atoms with Crippen LogP contribution in [-0.2, 0) is 41.6 Å². The molecule has 4 aliphatic rings. The molecule has 0 saturated carbocycles. The van der Waals surface area contributed by atoms with Crippen LogP contribution in [0.15, 0.2) is 59.9 Å². The number of benzene rings is 2. The molecule has 4 aliphatic heterocycles. The summed E-state index contributed by atoms with van der Waals surface area (Å²) >= 11 is 0. The van der Waals surface area contributed by atoms with Gasteiger partial charge < -0.3 is 30.4 Å². The molecule has 6 heterocycles. The summed E-state index contributed by atoms with van der Waals surface area (Å²) in [6, 6.07) is 15.9. The summed E-state index contributed by atoms with van der Waals surface area (Å²) in [5, 5.41) is 7.68. The summed E-state index contributed by atoms with van der Waals surface area (Å²) in [5.74, 6) is -1.34. The third-order valence-corrected chi connectivity index (χ3v) is 13.0. The summed E-state index contributed by atoms with van der Waals surface area (Å²) in [7, 11) is 3.08. The zero-order chi connectivity index (χ0) is 46.1. The predicted molar refractivity (Wildman–Crippen MR) is 250 cm³/mol. The van der Waals surface area contributed by atoms with Gasteiger partial charge in [0.05, 0.1) is 24.2 Å². The molecular formula is C49H62N10O6. The molecule has 8 rings (SSSR count). The van der Waals surface area contributed by atoms with E-state index in [-0.39, 0.29) is 60.6 Å². The van der Waals surface area contributed by atoms with Crippen molar-refractivity contribution in [1.82, 2.24) is 50.0 Å². The van der Waals surface area contributed by atoms with Gasteiger partial charge in [-0.05, 0) is 65.5 Å². The second kappa shape index (κ2) is 19.1. The number of likely N-dealkylation sites (N-methyl/N-ethyl adjacent to an activating group) is 2. The Morgan fingerprint density at radius 3 is 1.28 bits per heavy atom. The maximum atomic E-state index is 14.1. The number of nitrogens with zero attached hydrogens (tertiary/aromatic N) is 6. The molecule has 0 bridgehead atoms. The van der Waals surface area contributed by atoms with Crippen molar-refractivity contribution < 1.29 is 28.8 Å². The maximum Gasteiger partial charge on any atom is 0.277 e. The minimum Gasteiger partial charge on any atom is -0.364 e. The average molecular weight is 887 g/mol. The highest BCUT2D eigenvalue weighted by Crippen LogP contribution is 2.40. The summed E-state index contributed by atoms with van der Waals surface area (Å²) < 4.78 is 0. The molecule has 2 aromatic carbocycles. The van der Waals surface area contributed by atoms with Crippen LogP contribution in [0.3, 0.4) is 0 Å². The first kappa shape index (κ1) is 45.3. The van der Waals surface area contributed by atoms with Crippen molar-refractivity contribution in [3.63, 3.8) is 0 Å². The number of para-hydroxylation sites is 2. The molecule has 0 spiro atoms. The number of imide groups is 2. The fraction of sp³-hybridized carbons (Fsp3) is 0.469. The number of piperazine rings is 2. The van der Waals surface area contributed by atoms with Gasteiger partial charge in [-0.3, -0.25) is 48.4 Å². The molecule has 16 nitrogen and oxygen atoms in total. The molecule has 344 valence electrons. The van der Waals surface area contributed by atoms with E-state index >= 15 is 0 Å². The largest absolute Gasteiger partial charge is 0.364 e. The molecule has 0 atom stereocenters. The van der Waals surface area contributed by atoms with E-state index in [9.17, 15) is 28.8 Å². The number of carbonyl (C=O) groups excluding carboxylic acids is 6. The Balaban J connectivity index is 1.00. The van der Waals surface area contributed by atoms with E-state index in [1.54, 1.807) is 14.1 Å². The Hall–Kier alpha value is -6.26. The van der Waals surface area contributed by atoms with E-state index in [2.05, 4.69) is 30.4 Å². The maximum absolute atomic E-state index is 14.1. The van der Waals surface area contributed by atoms with Gasteiger partial charge in [0.1, 0.15) is 11.4 Å². The van der Waals surface area contributed by atoms with E-state index < -0.39 is 0 Å². The number of hydrogen-bond donors (Lipinski definition) is 4. The molecule has 4 N–H and O–H groups in total. The third-order valence-electron chi connectivity index (χ3n) is 13.0. The molecule has 2 fully saturated rings. The number of aryl methyl sites for hydroxylation is 2. The lowest BCUT2D eigenvalue weighted by atomic mass is 9.96. The van der Waals surface area contributed by atoms with Gasteiger partial charge in [-0.15, -0.1) is 0 Å². The molecule has 0 aliphatic carbocycles. The minimum absolute atomic E-state index is 0.0305. The molecule has 4 aromatic rings. The van der Waals surface area contributed by atoms with Crippen molar-refractivity contribution >= 4 is 68.4 Å². The Bertz CT molecular complexity index is 2410. The van der Waals surface area contributed by atoms with Gasteiger partial charge in [-0.2, -0.15) is 0 Å². The molecule has 2 saturated heterocycles. The van der Waals surface area contributed by atoms with Crippen LogP contribution in [0, 0.1) is 0 Å². The molecular weight excluding hydrogens is 825 g/mol. The van der Waals surface area contributed by atoms with Crippen LogP contribution < -0.4 is 10.6 Å². The zero-order valence-corrected chi connectivity index (χ0v) is 38.5. The first-order valence-corrected chi connectivity index (χ1v) is 23.1. The highest BCUT2D eigenvalue weighted by Gasteiger charge is 2.43. The molecule has 0 radical (unpaired) electrons. The molecule has 2 aromatic heterocycles. The Morgan fingerprint density at radius 1 is 0.538 bits per heavy atom. The normalized spacial score (nSPS) is 18.1. The number of aromatic nitrogens is 2. The van der Waals surface area contributed by atoms with Crippen LogP contribution >= 0.6 is 0 Å². The first-order chi connectivity index (χ1) is 31.2. The monoisotopic (exact) mass is 886 g/mol. The number of fused-ring (bicyclic) bond motifs is 2. The quantitative estimate of drug-likeness (QED) is 0.0965. The number of amides is 6. The van der Waals surface area contributed by atoms with E-state index in [1.807, 2.05) is 86.0 Å². The van der Waals surface area contributed by atoms with E-state index in [0.717, 1.165) is 63.6 Å². The lowest BCUT2D eigenvalue weighted by Gasteiger charge is -2.36. The number of rotatable bonds is 16. The number of H-pyrrole nitrogens is 2. The number of aromatic amines is 2. The summed E-state index contributed by atoms with van der Waals surface area (Å²) in [5.41, 5.74) is 6.79. The highest BCUT2D eigenvalue weighted by molar-refractivity contribution is 6.38. The minimum atomic E-state index is -0.323. The second-order valence-corrected chi connectivity index (χ2v) is 18.4. The van der Waals surface area contributed by atoms with Crippen LogP contribution in [-0.4, -0.2) is 166 Å². The van der Waals surface area contributed by atoms with Crippen molar-refractivity contribution in [2.45, 2.75) is 71.9 Å². The Kier molecular flexibility index (Phi) is 13.3. The van der Waals surface area contributed by atoms with Crippen LogP contribution in [0.4, 0.5) is 0 Å². The Morgan fingerprint density at radius 2 is 0.908 bits per heavy atom. The lowest BCUT2D eigenvalue weighted by Crippen LogP contribution is -2.50. The summed E-state index contributed by atoms with van der Waals surface area (Å²) in [4.78, 5) is 98.7. The van der Waals surface area contributed by atoms with Crippen LogP contribution in [0.1, 0.15) is 69.5 Å². The SMILES string of the molecule is CC(C)NC(=O)CN1CCN(C2=C(c3c(CCCCCc4[nH]c5ccccc5c4C4=C(N5CCN(CC(=O)NC(C)C)CC5)C(=O)N(C)C4=O)[nH]c4ccccc34)C(=O)N(C)C2=O)CC1. The zero-order valence-electron chi connectivity index (χ0n) is 38.5. The van der Waals surface area contributed by atoms with Gasteiger partial charge in [0.15, 0.2) is 0 Å². The highest BCUT2D eigenvalue weighted by atomic mass is 16.2. The molecule has 16 heteroatoms.